The van der Waals surface area contributed by atoms with Crippen molar-refractivity contribution in [1.29, 1.82) is 0 Å². The highest BCUT2D eigenvalue weighted by molar-refractivity contribution is 6.04. The molecule has 4 rings (SSSR count). The molecule has 0 saturated carbocycles. The maximum absolute atomic E-state index is 13.0. The molecule has 2 aliphatic heterocycles. The van der Waals surface area contributed by atoms with Gasteiger partial charge < -0.3 is 25.0 Å². The van der Waals surface area contributed by atoms with Crippen molar-refractivity contribution in [2.24, 2.45) is 5.92 Å². The SMILES string of the molecule is CCOC(=O)C1=C(c2ccc(OC)cc2)NC(=O)NC1c1ccc(N2CCC(C)CC2)cc1. The second-order valence-corrected chi connectivity index (χ2v) is 8.53. The maximum Gasteiger partial charge on any atom is 0.338 e. The molecule has 1 atom stereocenters. The van der Waals surface area contributed by atoms with Gasteiger partial charge in [0, 0.05) is 18.8 Å². The number of amides is 2. The lowest BCUT2D eigenvalue weighted by atomic mass is 9.92. The number of anilines is 1. The normalized spacial score (nSPS) is 19.1. The Kier molecular flexibility index (Phi) is 6.87. The van der Waals surface area contributed by atoms with Gasteiger partial charge >= 0.3 is 12.0 Å². The van der Waals surface area contributed by atoms with Crippen LogP contribution in [0.5, 0.6) is 5.75 Å². The molecule has 7 heteroatoms. The first-order valence-corrected chi connectivity index (χ1v) is 11.5. The Morgan fingerprint density at radius 1 is 1.06 bits per heavy atom. The molecule has 174 valence electrons. The lowest BCUT2D eigenvalue weighted by Crippen LogP contribution is -2.45. The molecule has 2 N–H and O–H groups in total. The van der Waals surface area contributed by atoms with Crippen LogP contribution in [0.15, 0.2) is 54.1 Å². The van der Waals surface area contributed by atoms with E-state index in [0.717, 1.165) is 30.3 Å². The summed E-state index contributed by atoms with van der Waals surface area (Å²) in [6, 6.07) is 14.3. The van der Waals surface area contributed by atoms with E-state index in [0.29, 0.717) is 22.6 Å². The fourth-order valence-electron chi connectivity index (χ4n) is 4.37. The van der Waals surface area contributed by atoms with E-state index in [1.54, 1.807) is 26.2 Å². The van der Waals surface area contributed by atoms with E-state index in [4.69, 9.17) is 9.47 Å². The van der Waals surface area contributed by atoms with Gasteiger partial charge in [0.2, 0.25) is 0 Å². The van der Waals surface area contributed by atoms with Crippen LogP contribution in [0.3, 0.4) is 0 Å². The summed E-state index contributed by atoms with van der Waals surface area (Å²) < 4.78 is 10.6. The van der Waals surface area contributed by atoms with Gasteiger partial charge in [-0.3, -0.25) is 0 Å². The van der Waals surface area contributed by atoms with E-state index in [9.17, 15) is 9.59 Å². The van der Waals surface area contributed by atoms with Crippen LogP contribution >= 0.6 is 0 Å². The molecule has 1 fully saturated rings. The minimum absolute atomic E-state index is 0.241. The van der Waals surface area contributed by atoms with Crippen molar-refractivity contribution < 1.29 is 19.1 Å². The second kappa shape index (κ2) is 9.98. The summed E-state index contributed by atoms with van der Waals surface area (Å²) in [5, 5.41) is 5.71. The van der Waals surface area contributed by atoms with Crippen LogP contribution in [0, 0.1) is 5.92 Å². The maximum atomic E-state index is 13.0. The van der Waals surface area contributed by atoms with Gasteiger partial charge in [0.1, 0.15) is 5.75 Å². The third-order valence-corrected chi connectivity index (χ3v) is 6.32. The minimum Gasteiger partial charge on any atom is -0.497 e. The van der Waals surface area contributed by atoms with Crippen molar-refractivity contribution in [3.8, 4) is 5.75 Å². The Hall–Kier alpha value is -3.48. The zero-order valence-electron chi connectivity index (χ0n) is 19.4. The number of nitrogens with zero attached hydrogens (tertiary/aromatic N) is 1. The summed E-state index contributed by atoms with van der Waals surface area (Å²) in [6.07, 6.45) is 2.38. The third kappa shape index (κ3) is 4.97. The molecule has 2 heterocycles. The standard InChI is InChI=1S/C26H31N3O4/c1-4-33-25(30)22-23(18-5-9-20(10-6-18)29-15-13-17(2)14-16-29)27-26(31)28-24(22)19-7-11-21(32-3)12-8-19/h5-12,17,23H,4,13-16H2,1-3H3,(H2,27,28,31). The van der Waals surface area contributed by atoms with Gasteiger partial charge in [0.25, 0.3) is 0 Å². The van der Waals surface area contributed by atoms with Crippen molar-refractivity contribution in [3.05, 3.63) is 65.2 Å². The van der Waals surface area contributed by atoms with Crippen molar-refractivity contribution in [2.75, 3.05) is 31.7 Å². The second-order valence-electron chi connectivity index (χ2n) is 8.53. The number of nitrogens with one attached hydrogen (secondary N) is 2. The van der Waals surface area contributed by atoms with E-state index >= 15 is 0 Å². The van der Waals surface area contributed by atoms with Gasteiger partial charge in [-0.25, -0.2) is 9.59 Å². The fraction of sp³-hybridized carbons (Fsp3) is 0.385. The number of carbonyl (C=O) groups is 2. The van der Waals surface area contributed by atoms with Crippen molar-refractivity contribution >= 4 is 23.4 Å². The van der Waals surface area contributed by atoms with Crippen LogP contribution in [0.2, 0.25) is 0 Å². The molecule has 0 bridgehead atoms. The van der Waals surface area contributed by atoms with Crippen LogP contribution in [-0.2, 0) is 9.53 Å². The largest absolute Gasteiger partial charge is 0.497 e. The van der Waals surface area contributed by atoms with Crippen LogP contribution in [0.4, 0.5) is 10.5 Å². The summed E-state index contributed by atoms with van der Waals surface area (Å²) in [4.78, 5) is 28.0. The van der Waals surface area contributed by atoms with E-state index in [2.05, 4.69) is 34.6 Å². The number of rotatable bonds is 6. The smallest absolute Gasteiger partial charge is 0.338 e. The van der Waals surface area contributed by atoms with Gasteiger partial charge in [-0.15, -0.1) is 0 Å². The molecule has 0 spiro atoms. The number of hydrogen-bond acceptors (Lipinski definition) is 5. The molecule has 1 saturated heterocycles. The van der Waals surface area contributed by atoms with Crippen molar-refractivity contribution in [3.63, 3.8) is 0 Å². The van der Waals surface area contributed by atoms with Crippen LogP contribution in [0.25, 0.3) is 5.70 Å². The lowest BCUT2D eigenvalue weighted by Gasteiger charge is -2.33. The highest BCUT2D eigenvalue weighted by atomic mass is 16.5. The number of benzene rings is 2. The number of ether oxygens (including phenoxy) is 2. The highest BCUT2D eigenvalue weighted by Crippen LogP contribution is 2.34. The Morgan fingerprint density at radius 3 is 2.33 bits per heavy atom. The van der Waals surface area contributed by atoms with E-state index in [1.165, 1.54) is 12.8 Å². The number of methoxy groups -OCH3 is 1. The predicted octanol–water partition coefficient (Wildman–Crippen LogP) is 4.26. The molecule has 2 aliphatic rings. The summed E-state index contributed by atoms with van der Waals surface area (Å²) in [5.74, 6) is 0.991. The Bertz CT molecular complexity index is 1020. The summed E-state index contributed by atoms with van der Waals surface area (Å²) >= 11 is 0. The van der Waals surface area contributed by atoms with Crippen LogP contribution in [-0.4, -0.2) is 38.8 Å². The third-order valence-electron chi connectivity index (χ3n) is 6.32. The average molecular weight is 450 g/mol. The first-order chi connectivity index (χ1) is 16.0. The summed E-state index contributed by atoms with van der Waals surface area (Å²) in [5.41, 5.74) is 3.51. The zero-order chi connectivity index (χ0) is 23.4. The Balaban J connectivity index is 1.70. The van der Waals surface area contributed by atoms with Gasteiger partial charge in [-0.05, 0) is 73.2 Å². The Labute approximate surface area is 194 Å². The molecule has 2 amide bonds. The number of urea groups is 1. The monoisotopic (exact) mass is 449 g/mol. The number of carbonyl (C=O) groups excluding carboxylic acids is 2. The molecular weight excluding hydrogens is 418 g/mol. The Morgan fingerprint density at radius 2 is 1.73 bits per heavy atom. The minimum atomic E-state index is -0.620. The molecule has 7 nitrogen and oxygen atoms in total. The molecule has 0 radical (unpaired) electrons. The van der Waals surface area contributed by atoms with E-state index < -0.39 is 12.0 Å². The van der Waals surface area contributed by atoms with Crippen LogP contribution < -0.4 is 20.3 Å². The van der Waals surface area contributed by atoms with Crippen LogP contribution in [0.1, 0.15) is 43.9 Å². The molecule has 2 aromatic rings. The van der Waals surface area contributed by atoms with Gasteiger partial charge in [0.15, 0.2) is 0 Å². The first-order valence-electron chi connectivity index (χ1n) is 11.5. The van der Waals surface area contributed by atoms with E-state index in [1.807, 2.05) is 24.3 Å². The topological polar surface area (TPSA) is 79.9 Å². The number of piperidine rings is 1. The predicted molar refractivity (Wildman–Crippen MR) is 128 cm³/mol. The number of hydrogen-bond donors (Lipinski definition) is 2. The fourth-order valence-corrected chi connectivity index (χ4v) is 4.37. The van der Waals surface area contributed by atoms with Gasteiger partial charge in [-0.1, -0.05) is 19.1 Å². The van der Waals surface area contributed by atoms with Gasteiger partial charge in [-0.2, -0.15) is 0 Å². The zero-order valence-corrected chi connectivity index (χ0v) is 19.4. The van der Waals surface area contributed by atoms with Crippen molar-refractivity contribution in [2.45, 2.75) is 32.7 Å². The lowest BCUT2D eigenvalue weighted by molar-refractivity contribution is -0.138. The summed E-state index contributed by atoms with van der Waals surface area (Å²) in [6.45, 7) is 6.39. The number of esters is 1. The first kappa shape index (κ1) is 22.7. The molecule has 0 aliphatic carbocycles. The van der Waals surface area contributed by atoms with Crippen molar-refractivity contribution in [1.82, 2.24) is 10.6 Å². The van der Waals surface area contributed by atoms with E-state index in [-0.39, 0.29) is 12.6 Å². The van der Waals surface area contributed by atoms with Gasteiger partial charge in [0.05, 0.1) is 31.0 Å². The average Bonchev–Trinajstić information content (AvgIpc) is 2.84. The summed E-state index contributed by atoms with van der Waals surface area (Å²) in [7, 11) is 1.59. The molecular formula is C26H31N3O4. The highest BCUT2D eigenvalue weighted by Gasteiger charge is 2.34. The molecule has 1 unspecified atom stereocenters. The molecule has 33 heavy (non-hydrogen) atoms. The molecule has 2 aromatic carbocycles. The quantitative estimate of drug-likeness (QED) is 0.644. The molecule has 0 aromatic heterocycles.